The Hall–Kier alpha value is -3.02. The molecule has 0 heterocycles. The van der Waals surface area contributed by atoms with Crippen LogP contribution in [0.2, 0.25) is 0 Å². The number of benzene rings is 2. The molecule has 0 radical (unpaired) electrons. The minimum Gasteiger partial charge on any atom is -0.496 e. The molecular weight excluding hydrogens is 320 g/mol. The molecule has 6 nitrogen and oxygen atoms in total. The number of carbonyl (C=O) groups is 2. The summed E-state index contributed by atoms with van der Waals surface area (Å²) in [6, 6.07) is 12.5. The molecule has 0 aliphatic carbocycles. The van der Waals surface area contributed by atoms with Crippen molar-refractivity contribution in [1.82, 2.24) is 0 Å². The number of hydrogen-bond donors (Lipinski definition) is 1. The zero-order chi connectivity index (χ0) is 18.4. The van der Waals surface area contributed by atoms with Crippen LogP contribution < -0.4 is 15.0 Å². The van der Waals surface area contributed by atoms with Gasteiger partial charge in [0.15, 0.2) is 6.61 Å². The van der Waals surface area contributed by atoms with Crippen LogP contribution in [0.5, 0.6) is 5.75 Å². The summed E-state index contributed by atoms with van der Waals surface area (Å²) >= 11 is 0. The molecule has 2 rings (SSSR count). The van der Waals surface area contributed by atoms with E-state index in [0.717, 1.165) is 11.3 Å². The number of ether oxygens (including phenoxy) is 2. The number of anilines is 2. The van der Waals surface area contributed by atoms with Crippen LogP contribution in [0.25, 0.3) is 0 Å². The Balaban J connectivity index is 1.93. The summed E-state index contributed by atoms with van der Waals surface area (Å²) in [7, 11) is 5.35. The van der Waals surface area contributed by atoms with Gasteiger partial charge in [-0.25, -0.2) is 4.79 Å². The van der Waals surface area contributed by atoms with Crippen LogP contribution in [0.4, 0.5) is 11.4 Å². The van der Waals surface area contributed by atoms with Crippen LogP contribution >= 0.6 is 0 Å². The molecule has 0 bridgehead atoms. The Morgan fingerprint density at radius 2 is 1.76 bits per heavy atom. The fourth-order valence-corrected chi connectivity index (χ4v) is 2.23. The third-order valence-electron chi connectivity index (χ3n) is 3.58. The van der Waals surface area contributed by atoms with Gasteiger partial charge in [0.05, 0.1) is 7.11 Å². The second-order valence-corrected chi connectivity index (χ2v) is 5.77. The van der Waals surface area contributed by atoms with Crippen LogP contribution in [0.1, 0.15) is 15.9 Å². The van der Waals surface area contributed by atoms with Crippen molar-refractivity contribution in [3.63, 3.8) is 0 Å². The average molecular weight is 342 g/mol. The standard InChI is InChI=1S/C19H22N2O4/c1-13-5-10-17(24-4)16(11-13)19(23)25-12-18(22)20-14-6-8-15(9-7-14)21(2)3/h5-11H,12H2,1-4H3,(H,20,22). The first-order chi connectivity index (χ1) is 11.9. The van der Waals surface area contributed by atoms with Crippen molar-refractivity contribution < 1.29 is 19.1 Å². The number of methoxy groups -OCH3 is 1. The van der Waals surface area contributed by atoms with Crippen LogP contribution in [0.15, 0.2) is 42.5 Å². The predicted octanol–water partition coefficient (Wildman–Crippen LogP) is 2.87. The van der Waals surface area contributed by atoms with E-state index in [0.29, 0.717) is 17.0 Å². The molecule has 0 atom stereocenters. The van der Waals surface area contributed by atoms with Crippen molar-refractivity contribution in [3.05, 3.63) is 53.6 Å². The first kappa shape index (κ1) is 18.3. The molecular formula is C19H22N2O4. The Morgan fingerprint density at radius 1 is 1.08 bits per heavy atom. The van der Waals surface area contributed by atoms with Gasteiger partial charge in [-0.3, -0.25) is 4.79 Å². The van der Waals surface area contributed by atoms with Gasteiger partial charge in [0.1, 0.15) is 11.3 Å². The van der Waals surface area contributed by atoms with Gasteiger partial charge in [0, 0.05) is 25.5 Å². The zero-order valence-corrected chi connectivity index (χ0v) is 14.8. The zero-order valence-electron chi connectivity index (χ0n) is 14.8. The van der Waals surface area contributed by atoms with Gasteiger partial charge in [-0.05, 0) is 43.3 Å². The molecule has 2 aromatic rings. The predicted molar refractivity (Wildman–Crippen MR) is 97.4 cm³/mol. The van der Waals surface area contributed by atoms with E-state index >= 15 is 0 Å². The quantitative estimate of drug-likeness (QED) is 0.818. The van der Waals surface area contributed by atoms with E-state index in [1.165, 1.54) is 7.11 Å². The molecule has 0 aliphatic heterocycles. The number of esters is 1. The maximum absolute atomic E-state index is 12.2. The molecule has 0 unspecified atom stereocenters. The highest BCUT2D eigenvalue weighted by atomic mass is 16.5. The summed E-state index contributed by atoms with van der Waals surface area (Å²) in [5, 5.41) is 2.69. The van der Waals surface area contributed by atoms with Gasteiger partial charge in [-0.2, -0.15) is 0 Å². The molecule has 0 saturated carbocycles. The van der Waals surface area contributed by atoms with Crippen LogP contribution in [-0.4, -0.2) is 39.7 Å². The Morgan fingerprint density at radius 3 is 2.36 bits per heavy atom. The van der Waals surface area contributed by atoms with E-state index in [2.05, 4.69) is 5.32 Å². The average Bonchev–Trinajstić information content (AvgIpc) is 2.60. The Labute approximate surface area is 147 Å². The smallest absolute Gasteiger partial charge is 0.342 e. The van der Waals surface area contributed by atoms with Gasteiger partial charge in [0.25, 0.3) is 5.91 Å². The van der Waals surface area contributed by atoms with Gasteiger partial charge in [-0.1, -0.05) is 11.6 Å². The lowest BCUT2D eigenvalue weighted by molar-refractivity contribution is -0.119. The maximum atomic E-state index is 12.2. The molecule has 1 N–H and O–H groups in total. The van der Waals surface area contributed by atoms with E-state index in [1.807, 2.05) is 44.1 Å². The first-order valence-electron chi connectivity index (χ1n) is 7.79. The lowest BCUT2D eigenvalue weighted by Gasteiger charge is -2.13. The molecule has 1 amide bonds. The number of amides is 1. The van der Waals surface area contributed by atoms with Gasteiger partial charge >= 0.3 is 5.97 Å². The van der Waals surface area contributed by atoms with Crippen molar-refractivity contribution in [2.75, 3.05) is 38.0 Å². The number of rotatable bonds is 6. The van der Waals surface area contributed by atoms with Crippen molar-refractivity contribution in [2.24, 2.45) is 0 Å². The second kappa shape index (κ2) is 8.19. The summed E-state index contributed by atoms with van der Waals surface area (Å²) < 4.78 is 10.2. The first-order valence-corrected chi connectivity index (χ1v) is 7.79. The summed E-state index contributed by atoms with van der Waals surface area (Å²) in [5.41, 5.74) is 2.86. The minimum absolute atomic E-state index is 0.297. The number of aryl methyl sites for hydroxylation is 1. The third kappa shape index (κ3) is 4.97. The van der Waals surface area contributed by atoms with Crippen LogP contribution in [0, 0.1) is 6.92 Å². The summed E-state index contributed by atoms with van der Waals surface area (Å²) in [4.78, 5) is 26.1. The van der Waals surface area contributed by atoms with E-state index in [9.17, 15) is 9.59 Å². The molecule has 0 aromatic heterocycles. The van der Waals surface area contributed by atoms with E-state index in [-0.39, 0.29) is 6.61 Å². The maximum Gasteiger partial charge on any atom is 0.342 e. The van der Waals surface area contributed by atoms with Crippen LogP contribution in [0.3, 0.4) is 0 Å². The summed E-state index contributed by atoms with van der Waals surface area (Å²) in [5.74, 6) is -0.591. The molecule has 132 valence electrons. The highest BCUT2D eigenvalue weighted by Crippen LogP contribution is 2.20. The van der Waals surface area contributed by atoms with Crippen molar-refractivity contribution in [2.45, 2.75) is 6.92 Å². The minimum atomic E-state index is -0.598. The summed E-state index contributed by atoms with van der Waals surface area (Å²) in [6.45, 7) is 1.49. The molecule has 25 heavy (non-hydrogen) atoms. The fourth-order valence-electron chi connectivity index (χ4n) is 2.23. The molecule has 0 aliphatic rings. The molecule has 0 saturated heterocycles. The topological polar surface area (TPSA) is 67.9 Å². The largest absolute Gasteiger partial charge is 0.496 e. The second-order valence-electron chi connectivity index (χ2n) is 5.77. The van der Waals surface area contributed by atoms with E-state index < -0.39 is 11.9 Å². The number of nitrogens with zero attached hydrogens (tertiary/aromatic N) is 1. The molecule has 0 spiro atoms. The third-order valence-corrected chi connectivity index (χ3v) is 3.58. The lowest BCUT2D eigenvalue weighted by Crippen LogP contribution is -2.21. The Kier molecular flexibility index (Phi) is 6.00. The monoisotopic (exact) mass is 342 g/mol. The van der Waals surface area contributed by atoms with Crippen molar-refractivity contribution in [3.8, 4) is 5.75 Å². The van der Waals surface area contributed by atoms with Gasteiger partial charge in [0.2, 0.25) is 0 Å². The SMILES string of the molecule is COc1ccc(C)cc1C(=O)OCC(=O)Nc1ccc(N(C)C)cc1. The van der Waals surface area contributed by atoms with E-state index in [1.54, 1.807) is 24.3 Å². The van der Waals surface area contributed by atoms with Crippen LogP contribution in [-0.2, 0) is 9.53 Å². The van der Waals surface area contributed by atoms with Crippen molar-refractivity contribution >= 4 is 23.3 Å². The fraction of sp³-hybridized carbons (Fsp3) is 0.263. The number of hydrogen-bond acceptors (Lipinski definition) is 5. The number of nitrogens with one attached hydrogen (secondary N) is 1. The molecule has 2 aromatic carbocycles. The molecule has 0 fully saturated rings. The Bertz CT molecular complexity index is 755. The highest BCUT2D eigenvalue weighted by molar-refractivity contribution is 5.97. The molecule has 6 heteroatoms. The highest BCUT2D eigenvalue weighted by Gasteiger charge is 2.15. The summed E-state index contributed by atoms with van der Waals surface area (Å²) in [6.07, 6.45) is 0. The van der Waals surface area contributed by atoms with Crippen molar-refractivity contribution in [1.29, 1.82) is 0 Å². The lowest BCUT2D eigenvalue weighted by atomic mass is 10.1. The number of carbonyl (C=O) groups excluding carboxylic acids is 2. The van der Waals surface area contributed by atoms with Gasteiger partial charge in [-0.15, -0.1) is 0 Å². The van der Waals surface area contributed by atoms with Gasteiger partial charge < -0.3 is 19.7 Å². The van der Waals surface area contributed by atoms with E-state index in [4.69, 9.17) is 9.47 Å². The normalized spacial score (nSPS) is 10.1.